The maximum atomic E-state index is 11.6. The molecule has 0 saturated carbocycles. The number of carbonyl (C=O) groups is 1. The number of carboxylic acids is 1. The van der Waals surface area contributed by atoms with Crippen LogP contribution in [0, 0.1) is 0 Å². The van der Waals surface area contributed by atoms with Gasteiger partial charge in [0.2, 0.25) is 0 Å². The van der Waals surface area contributed by atoms with Gasteiger partial charge in [-0.2, -0.15) is 0 Å². The molecule has 1 aromatic rings. The second-order valence-electron chi connectivity index (χ2n) is 4.89. The number of aliphatic carboxylic acids is 1. The maximum Gasteiger partial charge on any atom is 0.328 e. The van der Waals surface area contributed by atoms with Gasteiger partial charge in [-0.15, -0.1) is 11.8 Å². The van der Waals surface area contributed by atoms with E-state index in [9.17, 15) is 9.90 Å². The van der Waals surface area contributed by atoms with Crippen LogP contribution in [-0.2, 0) is 10.3 Å². The van der Waals surface area contributed by atoms with E-state index >= 15 is 0 Å². The van der Waals surface area contributed by atoms with Crippen LogP contribution in [0.25, 0.3) is 0 Å². The SMILES string of the molecule is CSc1ccc(C(C)(NCCN(C)C)C(=O)O)cc1. The van der Waals surface area contributed by atoms with Crippen LogP contribution in [0.1, 0.15) is 12.5 Å². The summed E-state index contributed by atoms with van der Waals surface area (Å²) in [4.78, 5) is 14.7. The molecule has 1 atom stereocenters. The molecule has 0 aliphatic carbocycles. The highest BCUT2D eigenvalue weighted by atomic mass is 32.2. The van der Waals surface area contributed by atoms with E-state index < -0.39 is 11.5 Å². The van der Waals surface area contributed by atoms with Crippen LogP contribution in [0.5, 0.6) is 0 Å². The van der Waals surface area contributed by atoms with Crippen molar-refractivity contribution in [2.24, 2.45) is 0 Å². The standard InChI is InChI=1S/C14H22N2O2S/c1-14(13(17)18,15-9-10-16(2)3)11-5-7-12(19-4)8-6-11/h5-8,15H,9-10H2,1-4H3,(H,17,18). The van der Waals surface area contributed by atoms with Gasteiger partial charge in [-0.25, -0.2) is 4.79 Å². The molecular formula is C14H22N2O2S. The van der Waals surface area contributed by atoms with Gasteiger partial charge in [-0.05, 0) is 45.0 Å². The Balaban J connectivity index is 2.87. The molecule has 0 aliphatic rings. The van der Waals surface area contributed by atoms with E-state index in [-0.39, 0.29) is 0 Å². The molecule has 19 heavy (non-hydrogen) atoms. The lowest BCUT2D eigenvalue weighted by molar-refractivity contribution is -0.144. The number of benzene rings is 1. The smallest absolute Gasteiger partial charge is 0.328 e. The van der Waals surface area contributed by atoms with Crippen LogP contribution in [0.15, 0.2) is 29.2 Å². The Hall–Kier alpha value is -1.04. The van der Waals surface area contributed by atoms with Gasteiger partial charge in [0.1, 0.15) is 5.54 Å². The first-order valence-corrected chi connectivity index (χ1v) is 7.40. The number of nitrogens with one attached hydrogen (secondary N) is 1. The number of thioether (sulfide) groups is 1. The molecule has 2 N–H and O–H groups in total. The molecule has 1 rings (SSSR count). The van der Waals surface area contributed by atoms with E-state index in [1.54, 1.807) is 18.7 Å². The summed E-state index contributed by atoms with van der Waals surface area (Å²) in [5.41, 5.74) is -0.274. The Morgan fingerprint density at radius 2 is 1.95 bits per heavy atom. The average molecular weight is 282 g/mol. The van der Waals surface area contributed by atoms with Crippen LogP contribution in [-0.4, -0.2) is 49.4 Å². The van der Waals surface area contributed by atoms with E-state index in [1.807, 2.05) is 49.5 Å². The van der Waals surface area contributed by atoms with Crippen molar-refractivity contribution in [1.29, 1.82) is 0 Å². The Morgan fingerprint density at radius 1 is 1.37 bits per heavy atom. The van der Waals surface area contributed by atoms with Crippen molar-refractivity contribution in [3.8, 4) is 0 Å². The molecule has 0 radical (unpaired) electrons. The van der Waals surface area contributed by atoms with E-state index in [1.165, 1.54) is 0 Å². The number of carboxylic acid groups (broad SMARTS) is 1. The van der Waals surface area contributed by atoms with Crippen molar-refractivity contribution >= 4 is 17.7 Å². The van der Waals surface area contributed by atoms with Gasteiger partial charge in [-0.1, -0.05) is 12.1 Å². The van der Waals surface area contributed by atoms with E-state index in [4.69, 9.17) is 0 Å². The lowest BCUT2D eigenvalue weighted by atomic mass is 9.92. The first kappa shape index (κ1) is 16.0. The first-order valence-electron chi connectivity index (χ1n) is 6.18. The molecule has 0 saturated heterocycles. The summed E-state index contributed by atoms with van der Waals surface area (Å²) in [5, 5.41) is 12.6. The molecule has 5 heteroatoms. The highest BCUT2D eigenvalue weighted by Crippen LogP contribution is 2.24. The summed E-state index contributed by atoms with van der Waals surface area (Å²) in [5.74, 6) is -0.858. The Labute approximate surface area is 119 Å². The van der Waals surface area contributed by atoms with Crippen molar-refractivity contribution in [3.63, 3.8) is 0 Å². The third-order valence-corrected chi connectivity index (χ3v) is 3.88. The summed E-state index contributed by atoms with van der Waals surface area (Å²) in [6, 6.07) is 7.66. The number of rotatable bonds is 7. The third kappa shape index (κ3) is 4.23. The molecule has 0 aliphatic heterocycles. The van der Waals surface area contributed by atoms with Crippen molar-refractivity contribution in [2.75, 3.05) is 33.4 Å². The fourth-order valence-electron chi connectivity index (χ4n) is 1.76. The van der Waals surface area contributed by atoms with Gasteiger partial charge in [0, 0.05) is 18.0 Å². The van der Waals surface area contributed by atoms with Crippen molar-refractivity contribution < 1.29 is 9.90 Å². The molecule has 0 bridgehead atoms. The van der Waals surface area contributed by atoms with Crippen molar-refractivity contribution in [2.45, 2.75) is 17.4 Å². The van der Waals surface area contributed by atoms with Crippen molar-refractivity contribution in [3.05, 3.63) is 29.8 Å². The van der Waals surface area contributed by atoms with Gasteiger partial charge in [-0.3, -0.25) is 5.32 Å². The Morgan fingerprint density at radius 3 is 2.37 bits per heavy atom. The minimum absolute atomic E-state index is 0.625. The minimum Gasteiger partial charge on any atom is -0.480 e. The molecule has 0 fully saturated rings. The van der Waals surface area contributed by atoms with Crippen molar-refractivity contribution in [1.82, 2.24) is 10.2 Å². The largest absolute Gasteiger partial charge is 0.480 e. The zero-order valence-corrected chi connectivity index (χ0v) is 12.8. The number of hydrogen-bond donors (Lipinski definition) is 2. The Kier molecular flexibility index (Phi) is 5.85. The lowest BCUT2D eigenvalue weighted by Gasteiger charge is -2.27. The van der Waals surface area contributed by atoms with E-state index in [0.29, 0.717) is 6.54 Å². The summed E-state index contributed by atoms with van der Waals surface area (Å²) in [6.07, 6.45) is 2.00. The number of nitrogens with zero attached hydrogens (tertiary/aromatic N) is 1. The highest BCUT2D eigenvalue weighted by Gasteiger charge is 2.34. The second-order valence-corrected chi connectivity index (χ2v) is 5.77. The molecule has 1 unspecified atom stereocenters. The zero-order valence-electron chi connectivity index (χ0n) is 11.9. The van der Waals surface area contributed by atoms with E-state index in [2.05, 4.69) is 5.32 Å². The van der Waals surface area contributed by atoms with Crippen LogP contribution < -0.4 is 5.32 Å². The van der Waals surface area contributed by atoms with Crippen LogP contribution >= 0.6 is 11.8 Å². The predicted molar refractivity (Wildman–Crippen MR) is 79.8 cm³/mol. The normalized spacial score (nSPS) is 14.4. The topological polar surface area (TPSA) is 52.6 Å². The zero-order chi connectivity index (χ0) is 14.5. The summed E-state index contributed by atoms with van der Waals surface area (Å²) < 4.78 is 0. The Bertz CT molecular complexity index is 420. The van der Waals surface area contributed by atoms with Crippen LogP contribution in [0.4, 0.5) is 0 Å². The van der Waals surface area contributed by atoms with Gasteiger partial charge < -0.3 is 10.0 Å². The summed E-state index contributed by atoms with van der Waals surface area (Å²) in [6.45, 7) is 3.13. The fourth-order valence-corrected chi connectivity index (χ4v) is 2.16. The molecule has 0 heterocycles. The second kappa shape index (κ2) is 6.93. The average Bonchev–Trinajstić information content (AvgIpc) is 2.38. The molecule has 0 aromatic heterocycles. The summed E-state index contributed by atoms with van der Waals surface area (Å²) >= 11 is 1.64. The van der Waals surface area contributed by atoms with Crippen LogP contribution in [0.3, 0.4) is 0 Å². The molecule has 1 aromatic carbocycles. The lowest BCUT2D eigenvalue weighted by Crippen LogP contribution is -2.48. The van der Waals surface area contributed by atoms with Gasteiger partial charge in [0.05, 0.1) is 0 Å². The monoisotopic (exact) mass is 282 g/mol. The third-order valence-electron chi connectivity index (χ3n) is 3.13. The summed E-state index contributed by atoms with van der Waals surface area (Å²) in [7, 11) is 3.93. The number of likely N-dealkylation sites (N-methyl/N-ethyl adjacent to an activating group) is 1. The van der Waals surface area contributed by atoms with Gasteiger partial charge in [0.15, 0.2) is 0 Å². The fraction of sp³-hybridized carbons (Fsp3) is 0.500. The predicted octanol–water partition coefficient (Wildman–Crippen LogP) is 1.86. The maximum absolute atomic E-state index is 11.6. The van der Waals surface area contributed by atoms with Gasteiger partial charge >= 0.3 is 5.97 Å². The van der Waals surface area contributed by atoms with Crippen LogP contribution in [0.2, 0.25) is 0 Å². The van der Waals surface area contributed by atoms with Gasteiger partial charge in [0.25, 0.3) is 0 Å². The molecule has 0 spiro atoms. The molecular weight excluding hydrogens is 260 g/mol. The first-order chi connectivity index (χ1) is 8.90. The minimum atomic E-state index is -1.05. The molecule has 106 valence electrons. The highest BCUT2D eigenvalue weighted by molar-refractivity contribution is 7.98. The van der Waals surface area contributed by atoms with E-state index in [0.717, 1.165) is 17.0 Å². The molecule has 4 nitrogen and oxygen atoms in total. The number of hydrogen-bond acceptors (Lipinski definition) is 4. The quantitative estimate of drug-likeness (QED) is 0.748. The molecule has 0 amide bonds.